The average Bonchev–Trinajstić information content (AvgIpc) is 3.19. The van der Waals surface area contributed by atoms with Gasteiger partial charge in [0.25, 0.3) is 11.7 Å². The van der Waals surface area contributed by atoms with E-state index in [4.69, 9.17) is 4.74 Å². The standard InChI is InChI=1S/C32H34F2N2O4/c1-7-35(8-2)22-13-9-19(10-14-22)28-27(29(37)20-11-16-26(40-6)23(17-20)32(3,4)5)30(38)31(39)36(28)25-18-21(33)12-15-24(25)34/h9-18,28,37H,7-8H2,1-6H3/b29-27-. The molecule has 1 aliphatic heterocycles. The first-order valence-electron chi connectivity index (χ1n) is 13.2. The maximum atomic E-state index is 15.0. The number of nitrogens with zero attached hydrogens (tertiary/aromatic N) is 2. The summed E-state index contributed by atoms with van der Waals surface area (Å²) in [6.45, 7) is 11.6. The summed E-state index contributed by atoms with van der Waals surface area (Å²) in [6.07, 6.45) is 0. The maximum absolute atomic E-state index is 15.0. The lowest BCUT2D eigenvalue weighted by molar-refractivity contribution is -0.132. The molecule has 3 aromatic rings. The molecule has 3 aromatic carbocycles. The molecule has 6 nitrogen and oxygen atoms in total. The van der Waals surface area contributed by atoms with Gasteiger partial charge >= 0.3 is 0 Å². The Morgan fingerprint density at radius 3 is 2.20 bits per heavy atom. The van der Waals surface area contributed by atoms with E-state index in [1.165, 1.54) is 0 Å². The van der Waals surface area contributed by atoms with Crippen LogP contribution >= 0.6 is 0 Å². The number of rotatable bonds is 7. The minimum absolute atomic E-state index is 0.214. The van der Waals surface area contributed by atoms with Crippen LogP contribution in [0.1, 0.15) is 57.4 Å². The van der Waals surface area contributed by atoms with Crippen molar-refractivity contribution in [2.75, 3.05) is 30.0 Å². The summed E-state index contributed by atoms with van der Waals surface area (Å²) in [6, 6.07) is 13.7. The third-order valence-corrected chi connectivity index (χ3v) is 7.23. The Hall–Kier alpha value is -4.20. The minimum Gasteiger partial charge on any atom is -0.507 e. The number of hydrogen-bond acceptors (Lipinski definition) is 5. The van der Waals surface area contributed by atoms with Crippen molar-refractivity contribution < 1.29 is 28.2 Å². The lowest BCUT2D eigenvalue weighted by atomic mass is 9.84. The van der Waals surface area contributed by atoms with Gasteiger partial charge in [-0.05, 0) is 67.3 Å². The highest BCUT2D eigenvalue weighted by Crippen LogP contribution is 2.44. The molecule has 0 radical (unpaired) electrons. The Labute approximate surface area is 233 Å². The first-order valence-corrected chi connectivity index (χ1v) is 13.2. The van der Waals surface area contributed by atoms with Crippen LogP contribution in [0.2, 0.25) is 0 Å². The molecule has 8 heteroatoms. The van der Waals surface area contributed by atoms with Crippen LogP contribution in [0.4, 0.5) is 20.2 Å². The summed E-state index contributed by atoms with van der Waals surface area (Å²) in [7, 11) is 1.55. The van der Waals surface area contributed by atoms with E-state index in [0.29, 0.717) is 16.9 Å². The second-order valence-corrected chi connectivity index (χ2v) is 10.7. The van der Waals surface area contributed by atoms with Gasteiger partial charge in [0.15, 0.2) is 0 Å². The van der Waals surface area contributed by atoms with Crippen molar-refractivity contribution >= 4 is 28.8 Å². The Morgan fingerprint density at radius 2 is 1.62 bits per heavy atom. The molecule has 1 atom stereocenters. The molecule has 4 rings (SSSR count). The fourth-order valence-electron chi connectivity index (χ4n) is 5.12. The number of ether oxygens (including phenoxy) is 1. The highest BCUT2D eigenvalue weighted by molar-refractivity contribution is 6.51. The van der Waals surface area contributed by atoms with Gasteiger partial charge in [-0.3, -0.25) is 14.5 Å². The summed E-state index contributed by atoms with van der Waals surface area (Å²) < 4.78 is 34.8. The summed E-state index contributed by atoms with van der Waals surface area (Å²) in [5.41, 5.74) is 1.51. The van der Waals surface area contributed by atoms with Crippen molar-refractivity contribution in [3.63, 3.8) is 0 Å². The summed E-state index contributed by atoms with van der Waals surface area (Å²) in [4.78, 5) is 30.0. The number of aliphatic hydroxyl groups is 1. The van der Waals surface area contributed by atoms with Crippen LogP contribution in [0.3, 0.4) is 0 Å². The largest absolute Gasteiger partial charge is 0.507 e. The Morgan fingerprint density at radius 1 is 0.975 bits per heavy atom. The molecule has 0 saturated carbocycles. The number of halogens is 2. The third-order valence-electron chi connectivity index (χ3n) is 7.23. The molecule has 1 saturated heterocycles. The van der Waals surface area contributed by atoms with Gasteiger partial charge in [0.2, 0.25) is 0 Å². The quantitative estimate of drug-likeness (QED) is 0.201. The lowest BCUT2D eigenvalue weighted by Gasteiger charge is -2.27. The van der Waals surface area contributed by atoms with Gasteiger partial charge in [-0.25, -0.2) is 8.78 Å². The lowest BCUT2D eigenvalue weighted by Crippen LogP contribution is -2.30. The van der Waals surface area contributed by atoms with E-state index in [1.807, 2.05) is 46.8 Å². The molecule has 1 heterocycles. The van der Waals surface area contributed by atoms with Crippen molar-refractivity contribution in [2.45, 2.75) is 46.1 Å². The van der Waals surface area contributed by atoms with Crippen LogP contribution in [0.25, 0.3) is 5.76 Å². The zero-order valence-electron chi connectivity index (χ0n) is 23.6. The first-order chi connectivity index (χ1) is 18.9. The van der Waals surface area contributed by atoms with Gasteiger partial charge < -0.3 is 14.7 Å². The van der Waals surface area contributed by atoms with Crippen LogP contribution in [0.15, 0.2) is 66.2 Å². The van der Waals surface area contributed by atoms with Gasteiger partial charge in [0.1, 0.15) is 23.1 Å². The van der Waals surface area contributed by atoms with Crippen molar-refractivity contribution in [1.82, 2.24) is 0 Å². The van der Waals surface area contributed by atoms with Gasteiger partial charge in [-0.1, -0.05) is 32.9 Å². The first kappa shape index (κ1) is 28.8. The number of anilines is 2. The van der Waals surface area contributed by atoms with E-state index in [2.05, 4.69) is 4.90 Å². The molecule has 0 spiro atoms. The Balaban J connectivity index is 1.96. The maximum Gasteiger partial charge on any atom is 0.300 e. The highest BCUT2D eigenvalue weighted by atomic mass is 19.1. The van der Waals surface area contributed by atoms with Crippen molar-refractivity contribution in [2.24, 2.45) is 0 Å². The molecule has 0 aromatic heterocycles. The van der Waals surface area contributed by atoms with E-state index < -0.39 is 35.1 Å². The van der Waals surface area contributed by atoms with Gasteiger partial charge in [-0.2, -0.15) is 0 Å². The fraction of sp³-hybridized carbons (Fsp3) is 0.312. The SMILES string of the molecule is CCN(CC)c1ccc(C2/C(=C(/O)c3ccc(OC)c(C(C)(C)C)c3)C(=O)C(=O)N2c2cc(F)ccc2F)cc1. The summed E-state index contributed by atoms with van der Waals surface area (Å²) in [5, 5.41) is 11.6. The number of amides is 1. The molecule has 1 fully saturated rings. The predicted octanol–water partition coefficient (Wildman–Crippen LogP) is 6.74. The minimum atomic E-state index is -1.19. The molecule has 1 aliphatic rings. The number of Topliss-reactive ketones (excluding diaryl/α,β-unsaturated/α-hetero) is 1. The van der Waals surface area contributed by atoms with Gasteiger partial charge in [0.05, 0.1) is 24.4 Å². The average molecular weight is 549 g/mol. The van der Waals surface area contributed by atoms with Crippen LogP contribution < -0.4 is 14.5 Å². The van der Waals surface area contributed by atoms with Crippen molar-refractivity contribution in [1.29, 1.82) is 0 Å². The van der Waals surface area contributed by atoms with Crippen LogP contribution in [-0.4, -0.2) is 37.0 Å². The topological polar surface area (TPSA) is 70.1 Å². The number of ketones is 1. The van der Waals surface area contributed by atoms with Crippen LogP contribution in [0, 0.1) is 11.6 Å². The monoisotopic (exact) mass is 548 g/mol. The summed E-state index contributed by atoms with van der Waals surface area (Å²) in [5.74, 6) is -3.49. The Kier molecular flexibility index (Phi) is 8.00. The zero-order chi connectivity index (χ0) is 29.4. The zero-order valence-corrected chi connectivity index (χ0v) is 23.6. The van der Waals surface area contributed by atoms with Crippen LogP contribution in [-0.2, 0) is 15.0 Å². The second-order valence-electron chi connectivity index (χ2n) is 10.7. The van der Waals surface area contributed by atoms with E-state index in [-0.39, 0.29) is 16.7 Å². The van der Waals surface area contributed by atoms with E-state index in [0.717, 1.165) is 47.4 Å². The predicted molar refractivity (Wildman–Crippen MR) is 153 cm³/mol. The number of hydrogen-bond donors (Lipinski definition) is 1. The molecule has 40 heavy (non-hydrogen) atoms. The second kappa shape index (κ2) is 11.1. The number of aliphatic hydroxyl groups excluding tert-OH is 1. The number of carbonyl (C=O) groups is 2. The number of methoxy groups -OCH3 is 1. The van der Waals surface area contributed by atoms with Gasteiger partial charge in [-0.15, -0.1) is 0 Å². The molecule has 210 valence electrons. The molecule has 0 aliphatic carbocycles. The molecular formula is C32H34F2N2O4. The third kappa shape index (κ3) is 5.18. The Bertz CT molecular complexity index is 1470. The van der Waals surface area contributed by atoms with E-state index in [1.54, 1.807) is 37.4 Å². The molecule has 1 unspecified atom stereocenters. The highest BCUT2D eigenvalue weighted by Gasteiger charge is 2.48. The molecule has 1 N–H and O–H groups in total. The molecular weight excluding hydrogens is 514 g/mol. The smallest absolute Gasteiger partial charge is 0.300 e. The number of carbonyl (C=O) groups excluding carboxylic acids is 2. The summed E-state index contributed by atoms with van der Waals surface area (Å²) >= 11 is 0. The molecule has 1 amide bonds. The normalized spacial score (nSPS) is 16.9. The van der Waals surface area contributed by atoms with E-state index >= 15 is 4.39 Å². The molecule has 0 bridgehead atoms. The van der Waals surface area contributed by atoms with Crippen molar-refractivity contribution in [3.8, 4) is 5.75 Å². The number of benzene rings is 3. The van der Waals surface area contributed by atoms with Crippen molar-refractivity contribution in [3.05, 3.63) is 94.6 Å². The van der Waals surface area contributed by atoms with Gasteiger partial charge in [0, 0.05) is 36.0 Å². The van der Waals surface area contributed by atoms with Crippen LogP contribution in [0.5, 0.6) is 5.75 Å². The van der Waals surface area contributed by atoms with E-state index in [9.17, 15) is 19.1 Å². The fourth-order valence-corrected chi connectivity index (χ4v) is 5.12.